The predicted molar refractivity (Wildman–Crippen MR) is 68.1 cm³/mol. The molecule has 0 aromatic carbocycles. The Kier molecular flexibility index (Phi) is 4.15. The Morgan fingerprint density at radius 1 is 1.71 bits per heavy atom. The van der Waals surface area contributed by atoms with Crippen molar-refractivity contribution in [1.29, 1.82) is 0 Å². The second-order valence-electron chi connectivity index (χ2n) is 4.28. The summed E-state index contributed by atoms with van der Waals surface area (Å²) < 4.78 is 5.46. The zero-order valence-corrected chi connectivity index (χ0v) is 11.0. The molecule has 1 amide bonds. The molecule has 2 heterocycles. The highest BCUT2D eigenvalue weighted by molar-refractivity contribution is 7.10. The van der Waals surface area contributed by atoms with Crippen LogP contribution in [-0.4, -0.2) is 43.7 Å². The van der Waals surface area contributed by atoms with Crippen molar-refractivity contribution in [3.8, 4) is 0 Å². The van der Waals surface area contributed by atoms with Crippen LogP contribution in [0.4, 0.5) is 0 Å². The molecule has 1 aliphatic heterocycles. The van der Waals surface area contributed by atoms with E-state index >= 15 is 0 Å². The summed E-state index contributed by atoms with van der Waals surface area (Å²) in [6.45, 7) is 4.80. The van der Waals surface area contributed by atoms with Crippen molar-refractivity contribution >= 4 is 17.2 Å². The number of likely N-dealkylation sites (N-methyl/N-ethyl adjacent to an activating group) is 1. The number of nitrogens with zero attached hydrogens (tertiary/aromatic N) is 1. The fourth-order valence-corrected chi connectivity index (χ4v) is 2.79. The van der Waals surface area contributed by atoms with E-state index in [-0.39, 0.29) is 12.0 Å². The Morgan fingerprint density at radius 2 is 2.53 bits per heavy atom. The smallest absolute Gasteiger partial charge is 0.253 e. The number of hydrogen-bond acceptors (Lipinski definition) is 4. The monoisotopic (exact) mass is 254 g/mol. The van der Waals surface area contributed by atoms with Gasteiger partial charge in [0.15, 0.2) is 0 Å². The molecule has 1 saturated heterocycles. The van der Waals surface area contributed by atoms with Crippen molar-refractivity contribution in [2.45, 2.75) is 19.6 Å². The van der Waals surface area contributed by atoms with Crippen LogP contribution in [0, 0.1) is 6.92 Å². The quantitative estimate of drug-likeness (QED) is 0.875. The number of carbonyl (C=O) groups excluding carboxylic acids is 1. The average molecular weight is 254 g/mol. The van der Waals surface area contributed by atoms with Crippen molar-refractivity contribution < 1.29 is 9.53 Å². The van der Waals surface area contributed by atoms with Gasteiger partial charge in [-0.2, -0.15) is 0 Å². The Balaban J connectivity index is 1.93. The molecule has 1 aliphatic rings. The number of thiophene rings is 1. The van der Waals surface area contributed by atoms with Crippen molar-refractivity contribution in [3.05, 3.63) is 21.9 Å². The Labute approximate surface area is 106 Å². The number of aryl methyl sites for hydroxylation is 1. The lowest BCUT2D eigenvalue weighted by Crippen LogP contribution is -2.48. The molecule has 1 unspecified atom stereocenters. The van der Waals surface area contributed by atoms with Gasteiger partial charge >= 0.3 is 0 Å². The normalized spacial score (nSPS) is 20.2. The van der Waals surface area contributed by atoms with E-state index in [1.165, 1.54) is 10.4 Å². The molecule has 5 heteroatoms. The third-order valence-corrected chi connectivity index (χ3v) is 3.94. The fourth-order valence-electron chi connectivity index (χ4n) is 1.83. The summed E-state index contributed by atoms with van der Waals surface area (Å²) >= 11 is 1.69. The number of ether oxygens (including phenoxy) is 1. The molecule has 17 heavy (non-hydrogen) atoms. The fraction of sp³-hybridized carbons (Fsp3) is 0.583. The predicted octanol–water partition coefficient (Wildman–Crippen LogP) is 1.00. The molecule has 2 rings (SSSR count). The standard InChI is InChI=1S/C12H18N2O2S/c1-9-3-6-17-11(9)8-14(2)12(15)10-7-13-4-5-16-10/h3,6,10,13H,4-5,7-8H2,1-2H3. The zero-order chi connectivity index (χ0) is 12.3. The minimum atomic E-state index is -0.325. The van der Waals surface area contributed by atoms with E-state index < -0.39 is 0 Å². The van der Waals surface area contributed by atoms with E-state index in [2.05, 4.69) is 23.7 Å². The lowest BCUT2D eigenvalue weighted by molar-refractivity contribution is -0.144. The topological polar surface area (TPSA) is 41.6 Å². The van der Waals surface area contributed by atoms with Gasteiger partial charge in [0.05, 0.1) is 13.2 Å². The van der Waals surface area contributed by atoms with Crippen molar-refractivity contribution in [3.63, 3.8) is 0 Å². The van der Waals surface area contributed by atoms with E-state index in [0.29, 0.717) is 19.7 Å². The Morgan fingerprint density at radius 3 is 3.12 bits per heavy atom. The molecule has 0 aliphatic carbocycles. The number of carbonyl (C=O) groups is 1. The highest BCUT2D eigenvalue weighted by atomic mass is 32.1. The van der Waals surface area contributed by atoms with Gasteiger partial charge in [0.1, 0.15) is 6.10 Å². The summed E-state index contributed by atoms with van der Waals surface area (Å²) in [6, 6.07) is 2.08. The second kappa shape index (κ2) is 5.62. The summed E-state index contributed by atoms with van der Waals surface area (Å²) in [5.74, 6) is 0.0602. The van der Waals surface area contributed by atoms with Crippen LogP contribution in [0.1, 0.15) is 10.4 Å². The first-order valence-electron chi connectivity index (χ1n) is 5.78. The number of morpholine rings is 1. The van der Waals surface area contributed by atoms with Gasteiger partial charge in [0.25, 0.3) is 5.91 Å². The highest BCUT2D eigenvalue weighted by Crippen LogP contribution is 2.17. The molecule has 94 valence electrons. The van der Waals surface area contributed by atoms with Crippen LogP contribution >= 0.6 is 11.3 Å². The SMILES string of the molecule is Cc1ccsc1CN(C)C(=O)C1CNCCO1. The van der Waals surface area contributed by atoms with Crippen molar-refractivity contribution in [1.82, 2.24) is 10.2 Å². The first-order chi connectivity index (χ1) is 8.18. The molecule has 1 N–H and O–H groups in total. The van der Waals surface area contributed by atoms with Crippen LogP contribution in [0.2, 0.25) is 0 Å². The van der Waals surface area contributed by atoms with Crippen LogP contribution in [0.25, 0.3) is 0 Å². The summed E-state index contributed by atoms with van der Waals surface area (Å²) in [4.78, 5) is 15.1. The van der Waals surface area contributed by atoms with Gasteiger partial charge in [0, 0.05) is 25.0 Å². The summed E-state index contributed by atoms with van der Waals surface area (Å²) in [5, 5.41) is 5.23. The number of nitrogens with one attached hydrogen (secondary N) is 1. The summed E-state index contributed by atoms with van der Waals surface area (Å²) in [7, 11) is 1.83. The number of amides is 1. The van der Waals surface area contributed by atoms with E-state index in [4.69, 9.17) is 4.74 Å². The molecule has 1 atom stereocenters. The molecule has 0 saturated carbocycles. The largest absolute Gasteiger partial charge is 0.366 e. The zero-order valence-electron chi connectivity index (χ0n) is 10.2. The van der Waals surface area contributed by atoms with Crippen LogP contribution in [0.5, 0.6) is 0 Å². The van der Waals surface area contributed by atoms with Gasteiger partial charge < -0.3 is 15.0 Å². The molecule has 0 spiro atoms. The molecule has 0 bridgehead atoms. The third kappa shape index (κ3) is 3.06. The lowest BCUT2D eigenvalue weighted by Gasteiger charge is -2.27. The minimum Gasteiger partial charge on any atom is -0.366 e. The average Bonchev–Trinajstić information content (AvgIpc) is 2.75. The maximum Gasteiger partial charge on any atom is 0.253 e. The first kappa shape index (κ1) is 12.5. The maximum atomic E-state index is 12.1. The molecule has 1 fully saturated rings. The second-order valence-corrected chi connectivity index (χ2v) is 5.29. The van der Waals surface area contributed by atoms with Gasteiger partial charge in [-0.1, -0.05) is 0 Å². The Hall–Kier alpha value is -0.910. The third-order valence-electron chi connectivity index (χ3n) is 2.93. The van der Waals surface area contributed by atoms with Crippen LogP contribution in [-0.2, 0) is 16.1 Å². The first-order valence-corrected chi connectivity index (χ1v) is 6.66. The molecule has 0 radical (unpaired) electrons. The molecular weight excluding hydrogens is 236 g/mol. The van der Waals surface area contributed by atoms with Gasteiger partial charge in [0.2, 0.25) is 0 Å². The molecule has 1 aromatic heterocycles. The van der Waals surface area contributed by atoms with Gasteiger partial charge in [-0.25, -0.2) is 0 Å². The van der Waals surface area contributed by atoms with Crippen molar-refractivity contribution in [2.75, 3.05) is 26.7 Å². The minimum absolute atomic E-state index is 0.0602. The number of rotatable bonds is 3. The Bertz CT molecular complexity index is 386. The van der Waals surface area contributed by atoms with Gasteiger partial charge in [-0.3, -0.25) is 4.79 Å². The van der Waals surface area contributed by atoms with Crippen LogP contribution < -0.4 is 5.32 Å². The summed E-state index contributed by atoms with van der Waals surface area (Å²) in [5.41, 5.74) is 1.25. The molecule has 4 nitrogen and oxygen atoms in total. The van der Waals surface area contributed by atoms with Gasteiger partial charge in [-0.05, 0) is 23.9 Å². The van der Waals surface area contributed by atoms with Gasteiger partial charge in [-0.15, -0.1) is 11.3 Å². The maximum absolute atomic E-state index is 12.1. The van der Waals surface area contributed by atoms with E-state index in [0.717, 1.165) is 6.54 Å². The van der Waals surface area contributed by atoms with Crippen LogP contribution in [0.3, 0.4) is 0 Å². The summed E-state index contributed by atoms with van der Waals surface area (Å²) in [6.07, 6.45) is -0.325. The van der Waals surface area contributed by atoms with Crippen LogP contribution in [0.15, 0.2) is 11.4 Å². The highest BCUT2D eigenvalue weighted by Gasteiger charge is 2.25. The molecule has 1 aromatic rings. The number of hydrogen-bond donors (Lipinski definition) is 1. The van der Waals surface area contributed by atoms with Crippen molar-refractivity contribution in [2.24, 2.45) is 0 Å². The lowest BCUT2D eigenvalue weighted by atomic mass is 10.2. The van der Waals surface area contributed by atoms with E-state index in [9.17, 15) is 4.79 Å². The molecular formula is C12H18N2O2S. The van der Waals surface area contributed by atoms with E-state index in [1.54, 1.807) is 16.2 Å². The van der Waals surface area contributed by atoms with E-state index in [1.807, 2.05) is 7.05 Å².